The summed E-state index contributed by atoms with van der Waals surface area (Å²) >= 11 is 0. The van der Waals surface area contributed by atoms with Gasteiger partial charge in [0.05, 0.1) is 6.42 Å². The van der Waals surface area contributed by atoms with Crippen LogP contribution in [0, 0.1) is 29.1 Å². The number of likely N-dealkylation sites (tertiary alicyclic amines) is 1. The molecule has 0 spiro atoms. The highest BCUT2D eigenvalue weighted by atomic mass is 19.2. The fourth-order valence-electron chi connectivity index (χ4n) is 2.03. The lowest BCUT2D eigenvalue weighted by Crippen LogP contribution is -2.35. The van der Waals surface area contributed by atoms with Crippen molar-refractivity contribution < 1.29 is 31.5 Å². The van der Waals surface area contributed by atoms with Gasteiger partial charge < -0.3 is 5.32 Å². The molecule has 1 atom stereocenters. The summed E-state index contributed by atoms with van der Waals surface area (Å²) in [7, 11) is 0. The van der Waals surface area contributed by atoms with Gasteiger partial charge in [-0.15, -0.1) is 0 Å². The van der Waals surface area contributed by atoms with Crippen LogP contribution < -0.4 is 5.32 Å². The second-order valence-corrected chi connectivity index (χ2v) is 4.32. The fraction of sp³-hybridized carbons (Fsp3) is 0.333. The Morgan fingerprint density at radius 3 is 1.90 bits per heavy atom. The largest absolute Gasteiger partial charge is 0.368 e. The molecule has 4 nitrogen and oxygen atoms in total. The summed E-state index contributed by atoms with van der Waals surface area (Å²) in [4.78, 5) is 24.0. The van der Waals surface area contributed by atoms with Gasteiger partial charge in [0.1, 0.15) is 11.7 Å². The van der Waals surface area contributed by atoms with Gasteiger partial charge in [-0.25, -0.2) is 22.0 Å². The number of carbonyl (C=O) groups excluding carboxylic acids is 2. The second-order valence-electron chi connectivity index (χ2n) is 4.32. The van der Waals surface area contributed by atoms with Crippen LogP contribution in [0.15, 0.2) is 0 Å². The predicted molar refractivity (Wildman–Crippen MR) is 60.7 cm³/mol. The topological polar surface area (TPSA) is 49.4 Å². The molecule has 2 amide bonds. The standard InChI is InChI=1S/C12H9F5N2O2/c1-2-19-5(20)3-4(12(19)21)18-11-9(16)7(14)6(13)8(15)10(11)17/h4,18H,2-3H2,1H3. The van der Waals surface area contributed by atoms with Crippen molar-refractivity contribution in [3.05, 3.63) is 29.1 Å². The molecule has 0 saturated carbocycles. The molecule has 0 aliphatic carbocycles. The van der Waals surface area contributed by atoms with Gasteiger partial charge in [-0.3, -0.25) is 14.5 Å². The molecule has 114 valence electrons. The highest BCUT2D eigenvalue weighted by molar-refractivity contribution is 6.06. The summed E-state index contributed by atoms with van der Waals surface area (Å²) in [6.45, 7) is 1.56. The zero-order valence-electron chi connectivity index (χ0n) is 10.6. The number of amides is 2. The van der Waals surface area contributed by atoms with Gasteiger partial charge in [0, 0.05) is 6.54 Å². The van der Waals surface area contributed by atoms with Gasteiger partial charge in [0.2, 0.25) is 11.7 Å². The van der Waals surface area contributed by atoms with Gasteiger partial charge in [-0.2, -0.15) is 0 Å². The molecule has 0 aromatic heterocycles. The van der Waals surface area contributed by atoms with Crippen molar-refractivity contribution in [1.29, 1.82) is 0 Å². The number of likely N-dealkylation sites (N-methyl/N-ethyl adjacent to an activating group) is 1. The summed E-state index contributed by atoms with van der Waals surface area (Å²) < 4.78 is 65.9. The van der Waals surface area contributed by atoms with E-state index in [2.05, 4.69) is 0 Å². The highest BCUT2D eigenvalue weighted by Crippen LogP contribution is 2.29. The maximum absolute atomic E-state index is 13.5. The second kappa shape index (κ2) is 5.30. The number of halogens is 5. The van der Waals surface area contributed by atoms with Crippen LogP contribution in [0.2, 0.25) is 0 Å². The molecular weight excluding hydrogens is 299 g/mol. The van der Waals surface area contributed by atoms with Crippen molar-refractivity contribution in [1.82, 2.24) is 4.90 Å². The van der Waals surface area contributed by atoms with E-state index in [1.807, 2.05) is 5.32 Å². The van der Waals surface area contributed by atoms with Crippen LogP contribution in [-0.4, -0.2) is 29.3 Å². The molecule has 1 heterocycles. The van der Waals surface area contributed by atoms with Gasteiger partial charge in [-0.1, -0.05) is 0 Å². The first-order valence-corrected chi connectivity index (χ1v) is 5.91. The van der Waals surface area contributed by atoms with Gasteiger partial charge in [0.15, 0.2) is 23.3 Å². The van der Waals surface area contributed by atoms with Crippen LogP contribution in [0.5, 0.6) is 0 Å². The van der Waals surface area contributed by atoms with Gasteiger partial charge in [-0.05, 0) is 6.92 Å². The summed E-state index contributed by atoms with van der Waals surface area (Å²) in [5, 5.41) is 1.92. The molecule has 1 unspecified atom stereocenters. The van der Waals surface area contributed by atoms with Crippen LogP contribution >= 0.6 is 0 Å². The van der Waals surface area contributed by atoms with E-state index in [9.17, 15) is 31.5 Å². The quantitative estimate of drug-likeness (QED) is 0.402. The first kappa shape index (κ1) is 15.2. The Morgan fingerprint density at radius 1 is 1.00 bits per heavy atom. The molecule has 1 fully saturated rings. The van der Waals surface area contributed by atoms with E-state index in [1.165, 1.54) is 6.92 Å². The van der Waals surface area contributed by atoms with E-state index < -0.39 is 59.1 Å². The minimum Gasteiger partial charge on any atom is -0.368 e. The Bertz CT molecular complexity index is 606. The number of anilines is 1. The minimum absolute atomic E-state index is 0.0486. The maximum Gasteiger partial charge on any atom is 0.252 e. The third-order valence-corrected chi connectivity index (χ3v) is 3.09. The molecule has 9 heteroatoms. The SMILES string of the molecule is CCN1C(=O)CC(Nc2c(F)c(F)c(F)c(F)c2F)C1=O. The summed E-state index contributed by atoms with van der Waals surface area (Å²) in [5.41, 5.74) is -1.32. The molecule has 21 heavy (non-hydrogen) atoms. The number of rotatable bonds is 3. The Morgan fingerprint density at radius 2 is 1.48 bits per heavy atom. The third kappa shape index (κ3) is 2.32. The van der Waals surface area contributed by atoms with Crippen LogP contribution in [0.25, 0.3) is 0 Å². The molecule has 1 N–H and O–H groups in total. The fourth-order valence-corrected chi connectivity index (χ4v) is 2.03. The Labute approximate surface area is 115 Å². The number of hydrogen-bond donors (Lipinski definition) is 1. The number of carbonyl (C=O) groups is 2. The number of benzene rings is 1. The van der Waals surface area contributed by atoms with Crippen LogP contribution in [-0.2, 0) is 9.59 Å². The van der Waals surface area contributed by atoms with Crippen molar-refractivity contribution in [2.45, 2.75) is 19.4 Å². The third-order valence-electron chi connectivity index (χ3n) is 3.09. The number of hydrogen-bond acceptors (Lipinski definition) is 3. The van der Waals surface area contributed by atoms with Crippen LogP contribution in [0.4, 0.5) is 27.6 Å². The molecule has 0 bridgehead atoms. The molecule has 1 aliphatic rings. The van der Waals surface area contributed by atoms with Crippen molar-refractivity contribution in [2.75, 3.05) is 11.9 Å². The molecule has 1 saturated heterocycles. The first-order chi connectivity index (χ1) is 9.79. The monoisotopic (exact) mass is 308 g/mol. The lowest BCUT2D eigenvalue weighted by Gasteiger charge is -2.15. The van der Waals surface area contributed by atoms with E-state index in [-0.39, 0.29) is 6.54 Å². The highest BCUT2D eigenvalue weighted by Gasteiger charge is 2.39. The molecule has 1 aliphatic heterocycles. The molecule has 1 aromatic carbocycles. The van der Waals surface area contributed by atoms with E-state index in [4.69, 9.17) is 0 Å². The molecule has 0 radical (unpaired) electrons. The van der Waals surface area contributed by atoms with Crippen LogP contribution in [0.3, 0.4) is 0 Å². The van der Waals surface area contributed by atoms with E-state index >= 15 is 0 Å². The number of nitrogens with one attached hydrogen (secondary N) is 1. The average molecular weight is 308 g/mol. The Balaban J connectivity index is 2.38. The number of imide groups is 1. The van der Waals surface area contributed by atoms with Crippen molar-refractivity contribution >= 4 is 17.5 Å². The first-order valence-electron chi connectivity index (χ1n) is 5.91. The smallest absolute Gasteiger partial charge is 0.252 e. The molecule has 2 rings (SSSR count). The van der Waals surface area contributed by atoms with Crippen molar-refractivity contribution in [2.24, 2.45) is 0 Å². The number of nitrogens with zero attached hydrogens (tertiary/aromatic N) is 1. The Kier molecular flexibility index (Phi) is 3.84. The zero-order valence-corrected chi connectivity index (χ0v) is 10.6. The molecular formula is C12H9F5N2O2. The zero-order chi connectivity index (χ0) is 15.9. The van der Waals surface area contributed by atoms with Crippen molar-refractivity contribution in [3.8, 4) is 0 Å². The minimum atomic E-state index is -2.29. The Hall–Kier alpha value is -2.19. The summed E-state index contributed by atoms with van der Waals surface area (Å²) in [6, 6.07) is -1.37. The van der Waals surface area contributed by atoms with Crippen LogP contribution in [0.1, 0.15) is 13.3 Å². The lowest BCUT2D eigenvalue weighted by molar-refractivity contribution is -0.138. The molecule has 1 aromatic rings. The van der Waals surface area contributed by atoms with Gasteiger partial charge in [0.25, 0.3) is 5.91 Å². The average Bonchev–Trinajstić information content (AvgIpc) is 2.73. The lowest BCUT2D eigenvalue weighted by atomic mass is 10.2. The predicted octanol–water partition coefficient (Wildman–Crippen LogP) is 1.94. The van der Waals surface area contributed by atoms with E-state index in [1.54, 1.807) is 0 Å². The normalized spacial score (nSPS) is 18.6. The van der Waals surface area contributed by atoms with E-state index in [0.29, 0.717) is 0 Å². The van der Waals surface area contributed by atoms with Gasteiger partial charge >= 0.3 is 0 Å². The van der Waals surface area contributed by atoms with E-state index in [0.717, 1.165) is 4.90 Å². The summed E-state index contributed by atoms with van der Waals surface area (Å²) in [5.74, 6) is -12.1. The summed E-state index contributed by atoms with van der Waals surface area (Å²) in [6.07, 6.45) is -0.424. The van der Waals surface area contributed by atoms with Crippen molar-refractivity contribution in [3.63, 3.8) is 0 Å². The maximum atomic E-state index is 13.5.